The van der Waals surface area contributed by atoms with Gasteiger partial charge in [-0.3, -0.25) is 0 Å². The fourth-order valence-electron chi connectivity index (χ4n) is 0. The zero-order valence-electron chi connectivity index (χ0n) is 9.71. The van der Waals surface area contributed by atoms with E-state index in [1.165, 1.54) is 27.7 Å². The van der Waals surface area contributed by atoms with Crippen LogP contribution >= 0.6 is 0 Å². The number of hydrogen-bond donors (Lipinski definition) is 3. The number of nitrogens with zero attached hydrogens (tertiary/aromatic N) is 4. The van der Waals surface area contributed by atoms with E-state index in [-0.39, 0.29) is 0 Å². The van der Waals surface area contributed by atoms with Crippen molar-refractivity contribution in [2.75, 3.05) is 0 Å². The minimum atomic E-state index is -2.17. The highest BCUT2D eigenvalue weighted by molar-refractivity contribution is 6.30. The van der Waals surface area contributed by atoms with Crippen molar-refractivity contribution in [3.05, 3.63) is 0 Å². The first-order valence-corrected chi connectivity index (χ1v) is 3.67. The Morgan fingerprint density at radius 2 is 0.625 bits per heavy atom. The first-order valence-electron chi connectivity index (χ1n) is 3.67. The van der Waals surface area contributed by atoms with Crippen molar-refractivity contribution >= 4 is 7.32 Å². The van der Waals surface area contributed by atoms with Crippen LogP contribution in [-0.2, 0) is 0 Å². The third kappa shape index (κ3) is 323. The van der Waals surface area contributed by atoms with E-state index >= 15 is 0 Å². The minimum absolute atomic E-state index is 1.43. The van der Waals surface area contributed by atoms with Crippen molar-refractivity contribution in [3.63, 3.8) is 0 Å². The normalized spacial score (nSPS) is 3.69. The lowest BCUT2D eigenvalue weighted by Crippen LogP contribution is -2.07. The molecule has 0 aliphatic carbocycles. The van der Waals surface area contributed by atoms with Crippen LogP contribution in [0.4, 0.5) is 0 Å². The van der Waals surface area contributed by atoms with E-state index in [9.17, 15) is 0 Å². The molecule has 0 aliphatic heterocycles. The van der Waals surface area contributed by atoms with Crippen molar-refractivity contribution < 1.29 is 15.1 Å². The fourth-order valence-corrected chi connectivity index (χ4v) is 0. The second-order valence-corrected chi connectivity index (χ2v) is 1.24. The molecular formula is C8H15BN4O3. The quantitative estimate of drug-likeness (QED) is 0.493. The molecule has 88 valence electrons. The lowest BCUT2D eigenvalue weighted by atomic mass is 10.3. The topological polar surface area (TPSA) is 156 Å². The van der Waals surface area contributed by atoms with Gasteiger partial charge in [0.15, 0.2) is 0 Å². The monoisotopic (exact) mass is 226 g/mol. The van der Waals surface area contributed by atoms with E-state index < -0.39 is 7.32 Å². The summed E-state index contributed by atoms with van der Waals surface area (Å²) in [5.41, 5.74) is 0. The van der Waals surface area contributed by atoms with Crippen LogP contribution < -0.4 is 0 Å². The second-order valence-electron chi connectivity index (χ2n) is 1.24. The molecule has 0 spiro atoms. The average molecular weight is 226 g/mol. The average Bonchev–Trinajstić information content (AvgIpc) is 2.06. The summed E-state index contributed by atoms with van der Waals surface area (Å²) >= 11 is 0. The fraction of sp³-hybridized carbons (Fsp3) is 0.500. The molecule has 0 aromatic rings. The van der Waals surface area contributed by atoms with Crippen LogP contribution in [0.5, 0.6) is 0 Å². The molecule has 0 aromatic carbocycles. The van der Waals surface area contributed by atoms with Gasteiger partial charge in [-0.25, -0.2) is 0 Å². The molecule has 3 N–H and O–H groups in total. The highest BCUT2D eigenvalue weighted by atomic mass is 16.5. The van der Waals surface area contributed by atoms with Crippen molar-refractivity contribution in [2.45, 2.75) is 27.7 Å². The van der Waals surface area contributed by atoms with Gasteiger partial charge in [-0.1, -0.05) is 0 Å². The van der Waals surface area contributed by atoms with Crippen molar-refractivity contribution in [3.8, 4) is 24.3 Å². The van der Waals surface area contributed by atoms with Crippen LogP contribution in [0, 0.1) is 45.3 Å². The predicted octanol–water partition coefficient (Wildman–Crippen LogP) is 0.0677. The maximum Gasteiger partial charge on any atom is 0.631 e. The Morgan fingerprint density at radius 3 is 0.625 bits per heavy atom. The summed E-state index contributed by atoms with van der Waals surface area (Å²) < 4.78 is 0. The molecule has 0 atom stereocenters. The molecule has 16 heavy (non-hydrogen) atoms. The zero-order valence-corrected chi connectivity index (χ0v) is 9.71. The summed E-state index contributed by atoms with van der Waals surface area (Å²) in [5, 5.41) is 50.8. The summed E-state index contributed by atoms with van der Waals surface area (Å²) in [6.07, 6.45) is 0. The molecule has 0 aromatic heterocycles. The van der Waals surface area contributed by atoms with E-state index in [0.29, 0.717) is 0 Å². The molecule has 0 heterocycles. The summed E-state index contributed by atoms with van der Waals surface area (Å²) in [7, 11) is -2.17. The Balaban J connectivity index is -0.0000000317. The highest BCUT2D eigenvalue weighted by Gasteiger charge is 1.92. The molecule has 0 unspecified atom stereocenters. The highest BCUT2D eigenvalue weighted by Crippen LogP contribution is 1.40. The lowest BCUT2D eigenvalue weighted by molar-refractivity contribution is 0.278. The van der Waals surface area contributed by atoms with Crippen LogP contribution in [-0.4, -0.2) is 22.4 Å². The van der Waals surface area contributed by atoms with Gasteiger partial charge in [0.1, 0.15) is 0 Å². The molecule has 0 saturated heterocycles. The van der Waals surface area contributed by atoms with Crippen molar-refractivity contribution in [1.82, 2.24) is 0 Å². The summed E-state index contributed by atoms with van der Waals surface area (Å²) in [4.78, 5) is 0. The van der Waals surface area contributed by atoms with Gasteiger partial charge < -0.3 is 15.1 Å². The third-order valence-corrected chi connectivity index (χ3v) is 0. The Labute approximate surface area is 96.2 Å². The number of hydrogen-bond acceptors (Lipinski definition) is 7. The Hall–Kier alpha value is -2.10. The molecule has 7 nitrogen and oxygen atoms in total. The summed E-state index contributed by atoms with van der Waals surface area (Å²) in [5.74, 6) is 0. The van der Waals surface area contributed by atoms with E-state index in [2.05, 4.69) is 0 Å². The van der Waals surface area contributed by atoms with Crippen LogP contribution in [0.1, 0.15) is 27.7 Å². The van der Waals surface area contributed by atoms with E-state index in [1.54, 1.807) is 24.3 Å². The van der Waals surface area contributed by atoms with E-state index in [0.717, 1.165) is 0 Å². The van der Waals surface area contributed by atoms with Gasteiger partial charge >= 0.3 is 7.32 Å². The van der Waals surface area contributed by atoms with Crippen LogP contribution in [0.3, 0.4) is 0 Å². The van der Waals surface area contributed by atoms with E-state index in [1.807, 2.05) is 0 Å². The minimum Gasteiger partial charge on any atom is -0.402 e. The smallest absolute Gasteiger partial charge is 0.402 e. The maximum absolute atomic E-state index is 7.32. The van der Waals surface area contributed by atoms with Crippen LogP contribution in [0.25, 0.3) is 0 Å². The van der Waals surface area contributed by atoms with Crippen LogP contribution in [0.15, 0.2) is 0 Å². The second kappa shape index (κ2) is 76.0. The largest absolute Gasteiger partial charge is 0.631 e. The molecular weight excluding hydrogens is 211 g/mol. The van der Waals surface area contributed by atoms with Crippen LogP contribution in [0.2, 0.25) is 0 Å². The number of rotatable bonds is 0. The molecule has 0 aliphatic rings. The lowest BCUT2D eigenvalue weighted by Gasteiger charge is -1.69. The van der Waals surface area contributed by atoms with Gasteiger partial charge in [0.25, 0.3) is 0 Å². The maximum atomic E-state index is 7.32. The van der Waals surface area contributed by atoms with Gasteiger partial charge in [-0.15, -0.1) is 0 Å². The Morgan fingerprint density at radius 1 is 0.625 bits per heavy atom. The summed E-state index contributed by atoms with van der Waals surface area (Å²) in [6.45, 7) is 5.72. The first kappa shape index (κ1) is 29.2. The van der Waals surface area contributed by atoms with E-state index in [4.69, 9.17) is 36.1 Å². The molecule has 0 fully saturated rings. The third-order valence-electron chi connectivity index (χ3n) is 0. The first-order chi connectivity index (χ1) is 7.39. The van der Waals surface area contributed by atoms with Gasteiger partial charge in [0, 0.05) is 27.7 Å². The zero-order chi connectivity index (χ0) is 14.4. The SMILES string of the molecule is CC#N.CC#N.CC#N.CC#N.OB(O)O. The van der Waals surface area contributed by atoms with Crippen molar-refractivity contribution in [1.29, 1.82) is 21.0 Å². The predicted molar refractivity (Wildman–Crippen MR) is 57.6 cm³/mol. The Kier molecular flexibility index (Phi) is 139. The summed E-state index contributed by atoms with van der Waals surface area (Å²) in [6, 6.07) is 7.00. The van der Waals surface area contributed by atoms with Gasteiger partial charge in [-0.2, -0.15) is 21.0 Å². The molecule has 0 rings (SSSR count). The standard InChI is InChI=1S/4C2H3N.BH3O3/c4*1-2-3;2-1(3)4/h4*1H3;2-4H. The van der Waals surface area contributed by atoms with Crippen molar-refractivity contribution in [2.24, 2.45) is 0 Å². The molecule has 8 heteroatoms. The molecule has 0 amide bonds. The van der Waals surface area contributed by atoms with Gasteiger partial charge in [-0.05, 0) is 0 Å². The van der Waals surface area contributed by atoms with Gasteiger partial charge in [0.2, 0.25) is 0 Å². The Bertz CT molecular complexity index is 193. The molecule has 0 bridgehead atoms. The van der Waals surface area contributed by atoms with Gasteiger partial charge in [0.05, 0.1) is 24.3 Å². The molecule has 0 radical (unpaired) electrons. The number of nitriles is 4. The molecule has 0 saturated carbocycles.